The monoisotopic (exact) mass is 662 g/mol. The summed E-state index contributed by atoms with van der Waals surface area (Å²) in [6.45, 7) is 7.31. The van der Waals surface area contributed by atoms with Gasteiger partial charge in [0.2, 0.25) is 0 Å². The van der Waals surface area contributed by atoms with Crippen molar-refractivity contribution in [2.24, 2.45) is 4.99 Å². The molecule has 2 unspecified atom stereocenters. The lowest BCUT2D eigenvalue weighted by molar-refractivity contribution is -0.274. The number of hydrogen-bond acceptors (Lipinski definition) is 5. The summed E-state index contributed by atoms with van der Waals surface area (Å²) in [7, 11) is 0. The number of amides is 2. The minimum absolute atomic E-state index is 0.0500. The predicted octanol–water partition coefficient (Wildman–Crippen LogP) is 8.61. The van der Waals surface area contributed by atoms with Crippen LogP contribution in [0.5, 0.6) is 5.75 Å². The van der Waals surface area contributed by atoms with E-state index in [9.17, 15) is 18.0 Å². The number of anilines is 1. The summed E-state index contributed by atoms with van der Waals surface area (Å²) >= 11 is 1.64. The summed E-state index contributed by atoms with van der Waals surface area (Å²) in [5, 5.41) is 8.42. The zero-order valence-corrected chi connectivity index (χ0v) is 27.3. The summed E-state index contributed by atoms with van der Waals surface area (Å²) in [6.07, 6.45) is 0.495. The molecule has 12 heteroatoms. The van der Waals surface area contributed by atoms with Gasteiger partial charge in [0.15, 0.2) is 11.0 Å². The van der Waals surface area contributed by atoms with Crippen LogP contribution in [0, 0.1) is 6.92 Å². The van der Waals surface area contributed by atoms with Crippen molar-refractivity contribution in [1.29, 1.82) is 0 Å². The molecule has 4 aromatic rings. The molecule has 3 aromatic carbocycles. The third kappa shape index (κ3) is 7.98. The number of nitrogens with zero attached hydrogens (tertiary/aromatic N) is 5. The molecule has 2 aliphatic rings. The van der Waals surface area contributed by atoms with Gasteiger partial charge in [-0.05, 0) is 91.5 Å². The second kappa shape index (κ2) is 13.8. The summed E-state index contributed by atoms with van der Waals surface area (Å²) < 4.78 is 42.8. The van der Waals surface area contributed by atoms with Crippen LogP contribution in [0.25, 0.3) is 17.1 Å². The van der Waals surface area contributed by atoms with Gasteiger partial charge in [0, 0.05) is 29.6 Å². The minimum Gasteiger partial charge on any atom is -0.406 e. The van der Waals surface area contributed by atoms with Crippen molar-refractivity contribution in [1.82, 2.24) is 20.1 Å². The first-order chi connectivity index (χ1) is 22.5. The van der Waals surface area contributed by atoms with Crippen LogP contribution < -0.4 is 15.0 Å². The van der Waals surface area contributed by atoms with Crippen LogP contribution in [-0.4, -0.2) is 50.7 Å². The van der Waals surface area contributed by atoms with Crippen LogP contribution in [0.15, 0.2) is 78.0 Å². The number of carbonyl (C=O) groups excluding carboxylic acids is 1. The van der Waals surface area contributed by atoms with E-state index in [0.29, 0.717) is 23.3 Å². The Morgan fingerprint density at radius 1 is 1.06 bits per heavy atom. The van der Waals surface area contributed by atoms with Gasteiger partial charge in [0.1, 0.15) is 12.1 Å². The third-order valence-electron chi connectivity index (χ3n) is 8.51. The zero-order valence-electron chi connectivity index (χ0n) is 26.5. The van der Waals surface area contributed by atoms with Crippen molar-refractivity contribution in [3.63, 3.8) is 0 Å². The average molecular weight is 663 g/mol. The molecular formula is C35H37F3N6O2S. The number of halogens is 3. The van der Waals surface area contributed by atoms with Crippen molar-refractivity contribution in [2.45, 2.75) is 70.7 Å². The molecule has 1 saturated heterocycles. The molecule has 2 atom stereocenters. The lowest BCUT2D eigenvalue weighted by atomic mass is 9.96. The van der Waals surface area contributed by atoms with E-state index in [-0.39, 0.29) is 17.8 Å². The number of amidine groups is 1. The molecule has 6 rings (SSSR count). The Kier molecular flexibility index (Phi) is 9.58. The van der Waals surface area contributed by atoms with Crippen LogP contribution in [0.1, 0.15) is 68.1 Å². The number of aliphatic imine (C=N–C) groups is 1. The van der Waals surface area contributed by atoms with Crippen LogP contribution in [0.3, 0.4) is 0 Å². The largest absolute Gasteiger partial charge is 0.573 e. The van der Waals surface area contributed by atoms with Gasteiger partial charge in [-0.3, -0.25) is 0 Å². The van der Waals surface area contributed by atoms with Crippen LogP contribution in [0.4, 0.5) is 23.7 Å². The topological polar surface area (TPSA) is 84.6 Å². The lowest BCUT2D eigenvalue weighted by Gasteiger charge is -2.32. The first kappa shape index (κ1) is 32.6. The molecule has 0 bridgehead atoms. The Labute approximate surface area is 276 Å². The minimum atomic E-state index is -4.74. The van der Waals surface area contributed by atoms with Gasteiger partial charge in [0.05, 0.1) is 5.69 Å². The summed E-state index contributed by atoms with van der Waals surface area (Å²) in [4.78, 5) is 24.3. The van der Waals surface area contributed by atoms with E-state index < -0.39 is 6.36 Å². The molecule has 1 aliphatic heterocycles. The molecule has 1 aromatic heterocycles. The number of carbonyl (C=O) groups is 1. The number of thioether (sulfide) groups is 1. The Balaban J connectivity index is 1.06. The quantitative estimate of drug-likeness (QED) is 0.213. The second-order valence-electron chi connectivity index (χ2n) is 12.3. The first-order valence-corrected chi connectivity index (χ1v) is 16.8. The fourth-order valence-electron chi connectivity index (χ4n) is 6.19. The van der Waals surface area contributed by atoms with E-state index in [4.69, 9.17) is 0 Å². The summed E-state index contributed by atoms with van der Waals surface area (Å²) in [6, 6.07) is 19.8. The Hall–Kier alpha value is -4.32. The molecule has 2 heterocycles. The van der Waals surface area contributed by atoms with Gasteiger partial charge in [-0.2, -0.15) is 4.99 Å². The maximum Gasteiger partial charge on any atom is 0.573 e. The predicted molar refractivity (Wildman–Crippen MR) is 180 cm³/mol. The number of benzene rings is 3. The Morgan fingerprint density at radius 3 is 2.55 bits per heavy atom. The maximum absolute atomic E-state index is 13.1. The standard InChI is InChI=1S/C35H37F3N6O2S/c1-22(2)30-16-5-23(3)19-31(30)43-17-4-18-47-34(43)41-33(45)40-27-11-10-26(20-27)24-6-8-25(9-7-24)32-39-21-44(42-32)28-12-14-29(15-13-28)46-35(36,37)38/h5-9,12-16,19,21-22,26-27H,4,10-11,17-18,20H2,1-3H3,(H,40,45). The second-order valence-corrected chi connectivity index (χ2v) is 13.4. The highest BCUT2D eigenvalue weighted by Gasteiger charge is 2.31. The van der Waals surface area contributed by atoms with Gasteiger partial charge in [0.25, 0.3) is 0 Å². The lowest BCUT2D eigenvalue weighted by Crippen LogP contribution is -2.38. The van der Waals surface area contributed by atoms with E-state index in [1.54, 1.807) is 11.8 Å². The first-order valence-electron chi connectivity index (χ1n) is 15.8. The number of aromatic nitrogens is 3. The molecule has 2 fully saturated rings. The van der Waals surface area contributed by atoms with Crippen molar-refractivity contribution in [3.8, 4) is 22.8 Å². The fraction of sp³-hybridized carbons (Fsp3) is 0.371. The zero-order chi connectivity index (χ0) is 33.1. The van der Waals surface area contributed by atoms with Gasteiger partial charge in [-0.1, -0.05) is 62.0 Å². The Morgan fingerprint density at radius 2 is 1.83 bits per heavy atom. The van der Waals surface area contributed by atoms with E-state index in [1.807, 2.05) is 12.1 Å². The van der Waals surface area contributed by atoms with Crippen LogP contribution >= 0.6 is 11.8 Å². The van der Waals surface area contributed by atoms with Gasteiger partial charge >= 0.3 is 12.4 Å². The van der Waals surface area contributed by atoms with E-state index in [2.05, 4.69) is 81.1 Å². The molecule has 0 spiro atoms. The molecular weight excluding hydrogens is 625 g/mol. The fourth-order valence-corrected chi connectivity index (χ4v) is 7.13. The number of urea groups is 1. The van der Waals surface area contributed by atoms with Crippen LogP contribution in [-0.2, 0) is 0 Å². The number of hydrogen-bond donors (Lipinski definition) is 1. The number of rotatable bonds is 7. The number of ether oxygens (including phenoxy) is 1. The molecule has 1 saturated carbocycles. The van der Waals surface area contributed by atoms with Gasteiger partial charge < -0.3 is 15.0 Å². The molecule has 8 nitrogen and oxygen atoms in total. The molecule has 246 valence electrons. The van der Waals surface area contributed by atoms with E-state index in [0.717, 1.165) is 54.4 Å². The highest BCUT2D eigenvalue weighted by atomic mass is 32.2. The highest BCUT2D eigenvalue weighted by Crippen LogP contribution is 2.36. The average Bonchev–Trinajstić information content (AvgIpc) is 3.71. The molecule has 47 heavy (non-hydrogen) atoms. The van der Waals surface area contributed by atoms with Crippen molar-refractivity contribution in [3.05, 3.63) is 89.7 Å². The maximum atomic E-state index is 13.1. The Bertz CT molecular complexity index is 1740. The number of aryl methyl sites for hydroxylation is 1. The third-order valence-corrected chi connectivity index (χ3v) is 9.57. The van der Waals surface area contributed by atoms with Gasteiger partial charge in [-0.25, -0.2) is 14.5 Å². The highest BCUT2D eigenvalue weighted by molar-refractivity contribution is 8.14. The van der Waals surface area contributed by atoms with Gasteiger partial charge in [-0.15, -0.1) is 18.3 Å². The van der Waals surface area contributed by atoms with Crippen molar-refractivity contribution >= 4 is 28.6 Å². The summed E-state index contributed by atoms with van der Waals surface area (Å²) in [5.74, 6) is 1.82. The SMILES string of the molecule is Cc1ccc(C(C)C)c(N2CCCSC2=NC(=O)NC2CCC(c3ccc(-c4ncn(-c5ccc(OC(F)(F)F)cc5)n4)cc3)C2)c1. The van der Waals surface area contributed by atoms with Crippen LogP contribution in [0.2, 0.25) is 0 Å². The normalized spacial score (nSPS) is 19.4. The molecule has 0 radical (unpaired) electrons. The number of nitrogens with one attached hydrogen (secondary N) is 1. The summed E-state index contributed by atoms with van der Waals surface area (Å²) in [5.41, 5.74) is 6.15. The molecule has 1 N–H and O–H groups in total. The van der Waals surface area contributed by atoms with E-state index >= 15 is 0 Å². The van der Waals surface area contributed by atoms with E-state index in [1.165, 1.54) is 52.0 Å². The molecule has 1 aliphatic carbocycles. The van der Waals surface area contributed by atoms with Crippen molar-refractivity contribution in [2.75, 3.05) is 17.2 Å². The number of alkyl halides is 3. The smallest absolute Gasteiger partial charge is 0.406 e. The molecule has 2 amide bonds. The van der Waals surface area contributed by atoms with Crippen molar-refractivity contribution < 1.29 is 22.7 Å².